The fourth-order valence-electron chi connectivity index (χ4n) is 2.13. The average Bonchev–Trinajstić information content (AvgIpc) is 2.59. The first-order valence-electron chi connectivity index (χ1n) is 5.58. The molecule has 1 aromatic rings. The molecule has 4 atom stereocenters. The largest absolute Gasteiger partial charge is 0.394 e. The lowest BCUT2D eigenvalue weighted by molar-refractivity contribution is -0.136. The van der Waals surface area contributed by atoms with Crippen molar-refractivity contribution in [2.24, 2.45) is 0 Å². The quantitative estimate of drug-likeness (QED) is 0.409. The number of aliphatic hydroxyl groups is 3. The van der Waals surface area contributed by atoms with Gasteiger partial charge in [0.25, 0.3) is 5.56 Å². The molecule has 0 unspecified atom stereocenters. The monoisotopic (exact) mass is 289 g/mol. The van der Waals surface area contributed by atoms with Gasteiger partial charge in [-0.25, -0.2) is 0 Å². The Morgan fingerprint density at radius 3 is 2.79 bits per heavy atom. The normalized spacial score (nSPS) is 34.6. The van der Waals surface area contributed by atoms with Crippen LogP contribution >= 0.6 is 12.2 Å². The number of aromatic nitrogens is 2. The Morgan fingerprint density at radius 2 is 2.26 bits per heavy atom. The van der Waals surface area contributed by atoms with E-state index in [1.807, 2.05) is 0 Å². The lowest BCUT2D eigenvalue weighted by Gasteiger charge is -2.30. The molecule has 1 aromatic heterocycles. The van der Waals surface area contributed by atoms with Crippen LogP contribution < -0.4 is 11.3 Å². The van der Waals surface area contributed by atoms with Crippen LogP contribution in [0.15, 0.2) is 11.0 Å². The fraction of sp³-hybridized carbons (Fsp3) is 0.600. The van der Waals surface area contributed by atoms with E-state index in [2.05, 4.69) is 4.98 Å². The molecule has 1 fully saturated rings. The summed E-state index contributed by atoms with van der Waals surface area (Å²) >= 11 is 4.99. The Bertz CT molecular complexity index is 600. The van der Waals surface area contributed by atoms with Crippen LogP contribution in [0, 0.1) is 4.77 Å². The Morgan fingerprint density at radius 1 is 1.63 bits per heavy atom. The van der Waals surface area contributed by atoms with Crippen molar-refractivity contribution in [2.45, 2.75) is 31.0 Å². The molecule has 0 saturated carbocycles. The second-order valence-corrected chi connectivity index (χ2v) is 4.93. The number of aromatic amines is 1. The van der Waals surface area contributed by atoms with Crippen molar-refractivity contribution < 1.29 is 20.1 Å². The molecule has 1 aliphatic rings. The predicted octanol–water partition coefficient (Wildman–Crippen LogP) is -1.73. The Kier molecular flexibility index (Phi) is 3.49. The lowest BCUT2D eigenvalue weighted by Crippen LogP contribution is -2.44. The second kappa shape index (κ2) is 4.69. The van der Waals surface area contributed by atoms with Crippen LogP contribution in [0.25, 0.3) is 0 Å². The number of ether oxygens (including phenoxy) is 1. The van der Waals surface area contributed by atoms with Crippen LogP contribution in [0.3, 0.4) is 0 Å². The summed E-state index contributed by atoms with van der Waals surface area (Å²) in [7, 11) is 0. The first-order valence-corrected chi connectivity index (χ1v) is 5.99. The summed E-state index contributed by atoms with van der Waals surface area (Å²) < 4.78 is 6.70. The third kappa shape index (κ3) is 2.09. The predicted molar refractivity (Wildman–Crippen MR) is 67.9 cm³/mol. The molecule has 2 rings (SSSR count). The van der Waals surface area contributed by atoms with Gasteiger partial charge in [0.15, 0.2) is 10.5 Å². The number of nitrogen functional groups attached to an aromatic ring is 1. The van der Waals surface area contributed by atoms with Crippen LogP contribution in [-0.4, -0.2) is 49.8 Å². The molecule has 0 radical (unpaired) electrons. The van der Waals surface area contributed by atoms with Crippen molar-refractivity contribution in [1.29, 1.82) is 0 Å². The van der Waals surface area contributed by atoms with Crippen molar-refractivity contribution in [3.05, 3.63) is 21.3 Å². The van der Waals surface area contributed by atoms with Crippen molar-refractivity contribution in [2.75, 3.05) is 12.3 Å². The summed E-state index contributed by atoms with van der Waals surface area (Å²) in [5.41, 5.74) is 3.43. The highest BCUT2D eigenvalue weighted by molar-refractivity contribution is 7.71. The minimum absolute atomic E-state index is 0.00783. The third-order valence-corrected chi connectivity index (χ3v) is 3.57. The molecule has 6 N–H and O–H groups in total. The maximum absolute atomic E-state index is 11.3. The fourth-order valence-corrected chi connectivity index (χ4v) is 2.45. The maximum Gasteiger partial charge on any atom is 0.274 e. The smallest absolute Gasteiger partial charge is 0.274 e. The number of hydrogen-bond donors (Lipinski definition) is 5. The summed E-state index contributed by atoms with van der Waals surface area (Å²) in [6.07, 6.45) is -2.32. The number of anilines is 1. The van der Waals surface area contributed by atoms with Crippen LogP contribution in [0.2, 0.25) is 0 Å². The maximum atomic E-state index is 11.3. The number of H-pyrrole nitrogens is 1. The van der Waals surface area contributed by atoms with Crippen molar-refractivity contribution in [1.82, 2.24) is 9.55 Å². The van der Waals surface area contributed by atoms with Gasteiger partial charge < -0.3 is 25.8 Å². The SMILES string of the molecule is C[C@@]1(n2cc(N)c(=O)[nH]c2=S)O[C@H](CO)[C@@H](O)[C@H]1O. The van der Waals surface area contributed by atoms with E-state index in [4.69, 9.17) is 27.8 Å². The number of nitrogens with two attached hydrogens (primary N) is 1. The molecule has 1 saturated heterocycles. The molecule has 8 nitrogen and oxygen atoms in total. The highest BCUT2D eigenvalue weighted by Crippen LogP contribution is 2.35. The zero-order chi connectivity index (χ0) is 14.4. The van der Waals surface area contributed by atoms with E-state index in [0.717, 1.165) is 0 Å². The summed E-state index contributed by atoms with van der Waals surface area (Å²) in [6, 6.07) is 0. The summed E-state index contributed by atoms with van der Waals surface area (Å²) in [5, 5.41) is 28.9. The molecule has 106 valence electrons. The van der Waals surface area contributed by atoms with Crippen molar-refractivity contribution in [3.8, 4) is 0 Å². The minimum atomic E-state index is -1.43. The van der Waals surface area contributed by atoms with E-state index in [9.17, 15) is 15.0 Å². The highest BCUT2D eigenvalue weighted by Gasteiger charge is 2.52. The lowest BCUT2D eigenvalue weighted by atomic mass is 10.0. The Labute approximate surface area is 113 Å². The van der Waals surface area contributed by atoms with Gasteiger partial charge in [0.2, 0.25) is 0 Å². The van der Waals surface area contributed by atoms with Gasteiger partial charge in [-0.3, -0.25) is 14.3 Å². The summed E-state index contributed by atoms with van der Waals surface area (Å²) in [5.74, 6) is 0. The molecule has 0 aliphatic carbocycles. The van der Waals surface area contributed by atoms with Crippen LogP contribution in [0.4, 0.5) is 5.69 Å². The molecule has 9 heteroatoms. The van der Waals surface area contributed by atoms with Gasteiger partial charge in [-0.1, -0.05) is 0 Å². The van der Waals surface area contributed by atoms with Gasteiger partial charge in [0.05, 0.1) is 6.61 Å². The number of aliphatic hydroxyl groups excluding tert-OH is 3. The van der Waals surface area contributed by atoms with Gasteiger partial charge in [-0.15, -0.1) is 0 Å². The number of nitrogens with zero attached hydrogens (tertiary/aromatic N) is 1. The van der Waals surface area contributed by atoms with E-state index in [1.54, 1.807) is 0 Å². The second-order valence-electron chi connectivity index (χ2n) is 4.54. The van der Waals surface area contributed by atoms with Crippen molar-refractivity contribution >= 4 is 17.9 Å². The molecule has 1 aliphatic heterocycles. The minimum Gasteiger partial charge on any atom is -0.394 e. The van der Waals surface area contributed by atoms with Crippen LogP contribution in [-0.2, 0) is 10.5 Å². The van der Waals surface area contributed by atoms with E-state index in [-0.39, 0.29) is 10.5 Å². The first kappa shape index (κ1) is 14.2. The molecule has 2 heterocycles. The van der Waals surface area contributed by atoms with Crippen LogP contribution in [0.1, 0.15) is 6.92 Å². The van der Waals surface area contributed by atoms with Gasteiger partial charge in [0, 0.05) is 6.20 Å². The zero-order valence-corrected chi connectivity index (χ0v) is 10.9. The first-order chi connectivity index (χ1) is 8.81. The van der Waals surface area contributed by atoms with Gasteiger partial charge in [0.1, 0.15) is 24.0 Å². The summed E-state index contributed by atoms with van der Waals surface area (Å²) in [4.78, 5) is 13.7. The van der Waals surface area contributed by atoms with E-state index >= 15 is 0 Å². The van der Waals surface area contributed by atoms with E-state index in [1.165, 1.54) is 17.7 Å². The van der Waals surface area contributed by atoms with E-state index < -0.39 is 36.2 Å². The molecule has 0 spiro atoms. The van der Waals surface area contributed by atoms with Crippen LogP contribution in [0.5, 0.6) is 0 Å². The molecular weight excluding hydrogens is 274 g/mol. The van der Waals surface area contributed by atoms with Gasteiger partial charge in [-0.05, 0) is 19.1 Å². The average molecular weight is 289 g/mol. The standard InChI is InChI=1S/C10H15N3O5S/c1-10(7(16)6(15)5(3-14)18-10)13-2-4(11)8(17)12-9(13)19/h2,5-7,14-16H,3,11H2,1H3,(H,12,17,19)/t5-,6-,7-,10-/m1/s1. The molecule has 0 aromatic carbocycles. The number of rotatable bonds is 2. The zero-order valence-electron chi connectivity index (χ0n) is 10.1. The highest BCUT2D eigenvalue weighted by atomic mass is 32.1. The molecule has 0 bridgehead atoms. The molecular formula is C10H15N3O5S. The number of hydrogen-bond acceptors (Lipinski definition) is 7. The number of nitrogens with one attached hydrogen (secondary N) is 1. The van der Waals surface area contributed by atoms with Gasteiger partial charge in [-0.2, -0.15) is 0 Å². The van der Waals surface area contributed by atoms with Crippen molar-refractivity contribution in [3.63, 3.8) is 0 Å². The third-order valence-electron chi connectivity index (χ3n) is 3.27. The summed E-state index contributed by atoms with van der Waals surface area (Å²) in [6.45, 7) is 1.02. The molecule has 0 amide bonds. The Balaban J connectivity index is 2.55. The van der Waals surface area contributed by atoms with E-state index in [0.29, 0.717) is 0 Å². The van der Waals surface area contributed by atoms with Gasteiger partial charge >= 0.3 is 0 Å². The molecule has 19 heavy (non-hydrogen) atoms. The Hall–Kier alpha value is -1.26. The topological polar surface area (TPSA) is 134 Å².